The molecule has 0 radical (unpaired) electrons. The molecule has 1 aliphatic rings. The molecule has 0 saturated carbocycles. The van der Waals surface area contributed by atoms with Crippen LogP contribution in [0.15, 0.2) is 54.6 Å². The molecule has 7 heteroatoms. The average molecular weight is 383 g/mol. The lowest BCUT2D eigenvalue weighted by Crippen LogP contribution is -2.51. The minimum Gasteiger partial charge on any atom is -0.497 e. The van der Waals surface area contributed by atoms with Gasteiger partial charge in [0.1, 0.15) is 11.6 Å². The Morgan fingerprint density at radius 2 is 1.57 bits per heavy atom. The summed E-state index contributed by atoms with van der Waals surface area (Å²) in [5.74, 6) is 0.320. The quantitative estimate of drug-likeness (QED) is 0.825. The van der Waals surface area contributed by atoms with Gasteiger partial charge in [0.15, 0.2) is 0 Å². The number of piperazine rings is 1. The van der Waals surface area contributed by atoms with Crippen LogP contribution in [0.4, 0.5) is 14.9 Å². The summed E-state index contributed by atoms with van der Waals surface area (Å²) in [6, 6.07) is 12.8. The normalized spacial score (nSPS) is 14.2. The van der Waals surface area contributed by atoms with Crippen LogP contribution in [0, 0.1) is 5.82 Å². The van der Waals surface area contributed by atoms with Gasteiger partial charge in [-0.1, -0.05) is 12.1 Å². The van der Waals surface area contributed by atoms with E-state index in [0.29, 0.717) is 31.9 Å². The molecule has 0 aromatic heterocycles. The molecule has 0 unspecified atom stereocenters. The van der Waals surface area contributed by atoms with Gasteiger partial charge in [0.25, 0.3) is 0 Å². The van der Waals surface area contributed by atoms with Crippen molar-refractivity contribution in [3.05, 3.63) is 66.0 Å². The fraction of sp³-hybridized carbons (Fsp3) is 0.238. The van der Waals surface area contributed by atoms with E-state index in [0.717, 1.165) is 11.3 Å². The number of hydrogen-bond acceptors (Lipinski definition) is 3. The van der Waals surface area contributed by atoms with Crippen LogP contribution < -0.4 is 10.1 Å². The number of benzene rings is 2. The molecule has 146 valence electrons. The third-order valence-electron chi connectivity index (χ3n) is 4.51. The largest absolute Gasteiger partial charge is 0.497 e. The monoisotopic (exact) mass is 383 g/mol. The average Bonchev–Trinajstić information content (AvgIpc) is 2.74. The number of nitrogens with zero attached hydrogens (tertiary/aromatic N) is 2. The highest BCUT2D eigenvalue weighted by molar-refractivity contribution is 5.92. The first-order chi connectivity index (χ1) is 13.5. The summed E-state index contributed by atoms with van der Waals surface area (Å²) in [6.45, 7) is 1.80. The van der Waals surface area contributed by atoms with Crippen LogP contribution in [-0.4, -0.2) is 55.0 Å². The molecule has 6 nitrogen and oxygen atoms in total. The third kappa shape index (κ3) is 5.09. The van der Waals surface area contributed by atoms with Crippen molar-refractivity contribution in [2.45, 2.75) is 0 Å². The Morgan fingerprint density at radius 1 is 0.964 bits per heavy atom. The molecule has 28 heavy (non-hydrogen) atoms. The molecule has 1 N–H and O–H groups in total. The second-order valence-electron chi connectivity index (χ2n) is 6.36. The van der Waals surface area contributed by atoms with E-state index in [1.165, 1.54) is 30.3 Å². The first kappa shape index (κ1) is 19.4. The molecular formula is C21H22FN3O3. The molecule has 1 fully saturated rings. The van der Waals surface area contributed by atoms with E-state index in [1.54, 1.807) is 23.0 Å². The van der Waals surface area contributed by atoms with Crippen LogP contribution in [0.25, 0.3) is 6.08 Å². The van der Waals surface area contributed by atoms with E-state index >= 15 is 0 Å². The van der Waals surface area contributed by atoms with Crippen molar-refractivity contribution >= 4 is 23.7 Å². The predicted octanol–water partition coefficient (Wildman–Crippen LogP) is 3.22. The van der Waals surface area contributed by atoms with E-state index < -0.39 is 0 Å². The lowest BCUT2D eigenvalue weighted by molar-refractivity contribution is -0.127. The van der Waals surface area contributed by atoms with E-state index in [4.69, 9.17) is 4.74 Å². The van der Waals surface area contributed by atoms with Crippen LogP contribution in [0.5, 0.6) is 5.75 Å². The van der Waals surface area contributed by atoms with E-state index in [9.17, 15) is 14.0 Å². The number of rotatable bonds is 4. The number of nitrogens with one attached hydrogen (secondary N) is 1. The lowest BCUT2D eigenvalue weighted by Gasteiger charge is -2.34. The number of hydrogen-bond donors (Lipinski definition) is 1. The van der Waals surface area contributed by atoms with Crippen LogP contribution in [0.1, 0.15) is 5.56 Å². The number of amides is 3. The van der Waals surface area contributed by atoms with Crippen LogP contribution in [0.2, 0.25) is 0 Å². The molecule has 0 bridgehead atoms. The summed E-state index contributed by atoms with van der Waals surface area (Å²) in [4.78, 5) is 28.0. The number of halogens is 1. The Bertz CT molecular complexity index is 842. The highest BCUT2D eigenvalue weighted by Crippen LogP contribution is 2.13. The predicted molar refractivity (Wildman–Crippen MR) is 106 cm³/mol. The van der Waals surface area contributed by atoms with Crippen molar-refractivity contribution in [2.75, 3.05) is 38.6 Å². The van der Waals surface area contributed by atoms with Gasteiger partial charge in [-0.05, 0) is 48.0 Å². The van der Waals surface area contributed by atoms with Crippen LogP contribution >= 0.6 is 0 Å². The van der Waals surface area contributed by atoms with Crippen molar-refractivity contribution < 1.29 is 18.7 Å². The van der Waals surface area contributed by atoms with E-state index in [2.05, 4.69) is 5.32 Å². The number of carbonyl (C=O) groups excluding carboxylic acids is 2. The second-order valence-corrected chi connectivity index (χ2v) is 6.36. The molecule has 2 aromatic rings. The Balaban J connectivity index is 1.48. The molecule has 0 atom stereocenters. The number of anilines is 1. The highest BCUT2D eigenvalue weighted by atomic mass is 19.1. The zero-order chi connectivity index (χ0) is 19.9. The van der Waals surface area contributed by atoms with Gasteiger partial charge >= 0.3 is 6.03 Å². The third-order valence-corrected chi connectivity index (χ3v) is 4.51. The Kier molecular flexibility index (Phi) is 6.26. The lowest BCUT2D eigenvalue weighted by atomic mass is 10.2. The summed E-state index contributed by atoms with van der Waals surface area (Å²) in [6.07, 6.45) is 3.30. The molecule has 0 aliphatic carbocycles. The Hall–Kier alpha value is -3.35. The summed E-state index contributed by atoms with van der Waals surface area (Å²) < 4.78 is 18.0. The van der Waals surface area contributed by atoms with Crippen molar-refractivity contribution in [1.29, 1.82) is 0 Å². The summed E-state index contributed by atoms with van der Waals surface area (Å²) in [5, 5.41) is 2.73. The molecule has 2 aromatic carbocycles. The van der Waals surface area contributed by atoms with Gasteiger partial charge in [0, 0.05) is 37.9 Å². The van der Waals surface area contributed by atoms with E-state index in [1.807, 2.05) is 24.3 Å². The zero-order valence-electron chi connectivity index (χ0n) is 15.6. The van der Waals surface area contributed by atoms with Crippen LogP contribution in [0.3, 0.4) is 0 Å². The topological polar surface area (TPSA) is 61.9 Å². The van der Waals surface area contributed by atoms with Gasteiger partial charge in [-0.2, -0.15) is 0 Å². The molecule has 1 aliphatic heterocycles. The van der Waals surface area contributed by atoms with Crippen LogP contribution in [-0.2, 0) is 4.79 Å². The Labute approximate surface area is 163 Å². The molecule has 1 heterocycles. The summed E-state index contributed by atoms with van der Waals surface area (Å²) in [5.41, 5.74) is 1.44. The maximum atomic E-state index is 12.9. The first-order valence-electron chi connectivity index (χ1n) is 8.98. The highest BCUT2D eigenvalue weighted by Gasteiger charge is 2.23. The smallest absolute Gasteiger partial charge is 0.321 e. The number of ether oxygens (including phenoxy) is 1. The SMILES string of the molecule is COc1ccc(C=CC(=O)N2CCN(C(=O)Nc3ccc(F)cc3)CC2)cc1. The fourth-order valence-corrected chi connectivity index (χ4v) is 2.85. The van der Waals surface area contributed by atoms with Crippen molar-refractivity contribution in [1.82, 2.24) is 9.80 Å². The van der Waals surface area contributed by atoms with Gasteiger partial charge < -0.3 is 19.9 Å². The molecule has 3 rings (SSSR count). The van der Waals surface area contributed by atoms with Gasteiger partial charge in [-0.3, -0.25) is 4.79 Å². The second kappa shape index (κ2) is 9.03. The first-order valence-corrected chi connectivity index (χ1v) is 8.98. The van der Waals surface area contributed by atoms with Gasteiger partial charge in [0.2, 0.25) is 5.91 Å². The zero-order valence-corrected chi connectivity index (χ0v) is 15.6. The summed E-state index contributed by atoms with van der Waals surface area (Å²) >= 11 is 0. The number of carbonyl (C=O) groups is 2. The molecular weight excluding hydrogens is 361 g/mol. The Morgan fingerprint density at radius 3 is 2.18 bits per heavy atom. The molecule has 1 saturated heterocycles. The van der Waals surface area contributed by atoms with E-state index in [-0.39, 0.29) is 17.8 Å². The minimum absolute atomic E-state index is 0.0885. The van der Waals surface area contributed by atoms with Crippen molar-refractivity contribution in [3.8, 4) is 5.75 Å². The van der Waals surface area contributed by atoms with Gasteiger partial charge in [0.05, 0.1) is 7.11 Å². The number of methoxy groups -OCH3 is 1. The van der Waals surface area contributed by atoms with Gasteiger partial charge in [-0.15, -0.1) is 0 Å². The van der Waals surface area contributed by atoms with Crippen molar-refractivity contribution in [3.63, 3.8) is 0 Å². The maximum Gasteiger partial charge on any atom is 0.321 e. The molecule has 3 amide bonds. The fourth-order valence-electron chi connectivity index (χ4n) is 2.85. The maximum absolute atomic E-state index is 12.9. The summed E-state index contributed by atoms with van der Waals surface area (Å²) in [7, 11) is 1.61. The standard InChI is InChI=1S/C21H22FN3O3/c1-28-19-9-2-16(3-10-19)4-11-20(26)24-12-14-25(15-13-24)21(27)23-18-7-5-17(22)6-8-18/h2-11H,12-15H2,1H3,(H,23,27). The molecule has 0 spiro atoms. The number of urea groups is 1. The minimum atomic E-state index is -0.354. The van der Waals surface area contributed by atoms with Crippen molar-refractivity contribution in [2.24, 2.45) is 0 Å². The van der Waals surface area contributed by atoms with Gasteiger partial charge in [-0.25, -0.2) is 9.18 Å².